The first-order valence-corrected chi connectivity index (χ1v) is 7.17. The molecule has 0 amide bonds. The van der Waals surface area contributed by atoms with Crippen LogP contribution in [0.2, 0.25) is 0 Å². The average molecular weight is 311 g/mol. The normalized spacial score (nSPS) is 11.3. The number of aromatic carboxylic acids is 1. The van der Waals surface area contributed by atoms with Crippen LogP contribution in [0.25, 0.3) is 0 Å². The van der Waals surface area contributed by atoms with Crippen molar-refractivity contribution in [1.82, 2.24) is 14.7 Å². The zero-order chi connectivity index (χ0) is 15.5. The Bertz CT molecular complexity index is 762. The van der Waals surface area contributed by atoms with Crippen LogP contribution in [0, 0.1) is 5.82 Å². The van der Waals surface area contributed by atoms with Gasteiger partial charge in [0.05, 0.1) is 0 Å². The first-order chi connectivity index (χ1) is 9.90. The zero-order valence-corrected chi connectivity index (χ0v) is 11.3. The summed E-state index contributed by atoms with van der Waals surface area (Å²) in [7, 11) is -4.10. The second kappa shape index (κ2) is 5.94. The number of carbonyl (C=O) groups is 1. The SMILES string of the molecule is O=C(O)c1ccc(CNS(=O)(=O)c2ncccc2F)cn1. The molecule has 21 heavy (non-hydrogen) atoms. The second-order valence-corrected chi connectivity index (χ2v) is 5.65. The summed E-state index contributed by atoms with van der Waals surface area (Å²) in [5.74, 6) is -2.14. The summed E-state index contributed by atoms with van der Waals surface area (Å²) in [6, 6.07) is 4.93. The van der Waals surface area contributed by atoms with E-state index in [0.29, 0.717) is 5.56 Å². The molecule has 2 rings (SSSR count). The van der Waals surface area contributed by atoms with Gasteiger partial charge in [0.1, 0.15) is 5.69 Å². The molecule has 2 heterocycles. The number of nitrogens with zero attached hydrogens (tertiary/aromatic N) is 2. The number of halogens is 1. The molecule has 0 spiro atoms. The Kier molecular flexibility index (Phi) is 4.24. The Balaban J connectivity index is 2.12. The van der Waals surface area contributed by atoms with Crippen LogP contribution in [-0.2, 0) is 16.6 Å². The Morgan fingerprint density at radius 3 is 2.62 bits per heavy atom. The first-order valence-electron chi connectivity index (χ1n) is 5.68. The lowest BCUT2D eigenvalue weighted by Gasteiger charge is -2.06. The van der Waals surface area contributed by atoms with Crippen molar-refractivity contribution in [3.63, 3.8) is 0 Å². The van der Waals surface area contributed by atoms with E-state index in [9.17, 15) is 17.6 Å². The van der Waals surface area contributed by atoms with Crippen LogP contribution in [0.3, 0.4) is 0 Å². The molecule has 0 bridgehead atoms. The smallest absolute Gasteiger partial charge is 0.354 e. The first kappa shape index (κ1) is 15.0. The fourth-order valence-corrected chi connectivity index (χ4v) is 2.49. The predicted octanol–water partition coefficient (Wildman–Crippen LogP) is 0.792. The Morgan fingerprint density at radius 2 is 2.05 bits per heavy atom. The summed E-state index contributed by atoms with van der Waals surface area (Å²) >= 11 is 0. The maximum atomic E-state index is 13.4. The summed E-state index contributed by atoms with van der Waals surface area (Å²) in [5, 5.41) is 8.00. The topological polar surface area (TPSA) is 109 Å². The molecule has 0 aliphatic rings. The molecule has 110 valence electrons. The van der Waals surface area contributed by atoms with Gasteiger partial charge in [-0.05, 0) is 23.8 Å². The maximum Gasteiger partial charge on any atom is 0.354 e. The lowest BCUT2D eigenvalue weighted by Crippen LogP contribution is -2.25. The number of rotatable bonds is 5. The van der Waals surface area contributed by atoms with E-state index < -0.39 is 26.8 Å². The van der Waals surface area contributed by atoms with E-state index >= 15 is 0 Å². The molecular formula is C12H10FN3O4S. The third-order valence-corrected chi connectivity index (χ3v) is 3.82. The molecule has 0 unspecified atom stereocenters. The Hall–Kier alpha value is -2.39. The van der Waals surface area contributed by atoms with Crippen molar-refractivity contribution < 1.29 is 22.7 Å². The van der Waals surface area contributed by atoms with Crippen LogP contribution in [0.1, 0.15) is 16.1 Å². The van der Waals surface area contributed by atoms with Gasteiger partial charge in [-0.25, -0.2) is 32.3 Å². The molecule has 0 aliphatic carbocycles. The van der Waals surface area contributed by atoms with Gasteiger partial charge in [0.15, 0.2) is 5.82 Å². The highest BCUT2D eigenvalue weighted by Gasteiger charge is 2.20. The number of aromatic nitrogens is 2. The van der Waals surface area contributed by atoms with Gasteiger partial charge in [0, 0.05) is 18.9 Å². The molecular weight excluding hydrogens is 301 g/mol. The molecule has 0 atom stereocenters. The number of sulfonamides is 1. The highest BCUT2D eigenvalue weighted by atomic mass is 32.2. The monoisotopic (exact) mass is 311 g/mol. The number of pyridine rings is 2. The molecule has 0 saturated carbocycles. The van der Waals surface area contributed by atoms with Gasteiger partial charge in [0.2, 0.25) is 5.03 Å². The minimum absolute atomic E-state index is 0.155. The van der Waals surface area contributed by atoms with E-state index in [4.69, 9.17) is 5.11 Å². The molecule has 2 aromatic rings. The number of carboxylic acid groups (broad SMARTS) is 1. The largest absolute Gasteiger partial charge is 0.477 e. The molecule has 9 heteroatoms. The quantitative estimate of drug-likeness (QED) is 0.845. The Labute approximate surface area is 119 Å². The standard InChI is InChI=1S/C12H10FN3O4S/c13-9-2-1-5-14-11(9)21(19,20)16-7-8-3-4-10(12(17)18)15-6-8/h1-6,16H,7H2,(H,17,18). The van der Waals surface area contributed by atoms with Gasteiger partial charge in [-0.1, -0.05) is 6.07 Å². The number of carboxylic acids is 1. The minimum Gasteiger partial charge on any atom is -0.477 e. The molecule has 0 fully saturated rings. The van der Waals surface area contributed by atoms with Crippen molar-refractivity contribution in [3.05, 3.63) is 53.7 Å². The van der Waals surface area contributed by atoms with E-state index in [0.717, 1.165) is 6.07 Å². The van der Waals surface area contributed by atoms with Crippen molar-refractivity contribution >= 4 is 16.0 Å². The van der Waals surface area contributed by atoms with E-state index in [1.54, 1.807) is 0 Å². The molecule has 0 saturated heterocycles. The van der Waals surface area contributed by atoms with Gasteiger partial charge in [-0.2, -0.15) is 0 Å². The van der Waals surface area contributed by atoms with Gasteiger partial charge >= 0.3 is 5.97 Å². The van der Waals surface area contributed by atoms with Crippen molar-refractivity contribution in [3.8, 4) is 0 Å². The number of hydrogen-bond acceptors (Lipinski definition) is 5. The van der Waals surface area contributed by atoms with Crippen LogP contribution in [0.15, 0.2) is 41.7 Å². The van der Waals surface area contributed by atoms with Gasteiger partial charge in [-0.3, -0.25) is 0 Å². The van der Waals surface area contributed by atoms with Crippen molar-refractivity contribution in [2.75, 3.05) is 0 Å². The molecule has 0 aromatic carbocycles. The van der Waals surface area contributed by atoms with Gasteiger partial charge in [-0.15, -0.1) is 0 Å². The van der Waals surface area contributed by atoms with Gasteiger partial charge in [0.25, 0.3) is 10.0 Å². The molecule has 7 nitrogen and oxygen atoms in total. The zero-order valence-electron chi connectivity index (χ0n) is 10.5. The predicted molar refractivity (Wildman–Crippen MR) is 69.4 cm³/mol. The van der Waals surface area contributed by atoms with Crippen LogP contribution < -0.4 is 4.72 Å². The summed E-state index contributed by atoms with van der Waals surface area (Å²) < 4.78 is 39.3. The average Bonchev–Trinajstić information content (AvgIpc) is 2.46. The Morgan fingerprint density at radius 1 is 1.29 bits per heavy atom. The van der Waals surface area contributed by atoms with Gasteiger partial charge < -0.3 is 5.11 Å². The molecule has 0 aliphatic heterocycles. The second-order valence-electron chi connectivity index (χ2n) is 3.97. The lowest BCUT2D eigenvalue weighted by atomic mass is 10.2. The van der Waals surface area contributed by atoms with Crippen LogP contribution in [0.5, 0.6) is 0 Å². The summed E-state index contributed by atoms with van der Waals surface area (Å²) in [6.07, 6.45) is 2.39. The van der Waals surface area contributed by atoms with E-state index in [1.807, 2.05) is 0 Å². The highest BCUT2D eigenvalue weighted by molar-refractivity contribution is 7.89. The third-order valence-electron chi connectivity index (χ3n) is 2.49. The molecule has 0 radical (unpaired) electrons. The summed E-state index contributed by atoms with van der Waals surface area (Å²) in [6.45, 7) is -0.161. The molecule has 2 N–H and O–H groups in total. The lowest BCUT2D eigenvalue weighted by molar-refractivity contribution is 0.0690. The number of nitrogens with one attached hydrogen (secondary N) is 1. The van der Waals surface area contributed by atoms with E-state index in [2.05, 4.69) is 14.7 Å². The van der Waals surface area contributed by atoms with Crippen molar-refractivity contribution in [1.29, 1.82) is 0 Å². The fraction of sp³-hybridized carbons (Fsp3) is 0.0833. The number of hydrogen-bond donors (Lipinski definition) is 2. The summed E-state index contributed by atoms with van der Waals surface area (Å²) in [5.41, 5.74) is 0.275. The minimum atomic E-state index is -4.10. The maximum absolute atomic E-state index is 13.4. The highest BCUT2D eigenvalue weighted by Crippen LogP contribution is 2.10. The van der Waals surface area contributed by atoms with Crippen LogP contribution in [0.4, 0.5) is 4.39 Å². The van der Waals surface area contributed by atoms with Crippen molar-refractivity contribution in [2.45, 2.75) is 11.6 Å². The third kappa shape index (κ3) is 3.58. The fourth-order valence-electron chi connectivity index (χ4n) is 1.47. The molecule has 2 aromatic heterocycles. The van der Waals surface area contributed by atoms with E-state index in [1.165, 1.54) is 30.6 Å². The van der Waals surface area contributed by atoms with Crippen LogP contribution >= 0.6 is 0 Å². The summed E-state index contributed by atoms with van der Waals surface area (Å²) in [4.78, 5) is 17.8. The van der Waals surface area contributed by atoms with Crippen molar-refractivity contribution in [2.24, 2.45) is 0 Å². The van der Waals surface area contributed by atoms with Crippen LogP contribution in [-0.4, -0.2) is 29.5 Å². The van der Waals surface area contributed by atoms with E-state index in [-0.39, 0.29) is 12.2 Å².